The highest BCUT2D eigenvalue weighted by Crippen LogP contribution is 2.42. The van der Waals surface area contributed by atoms with E-state index in [0.717, 1.165) is 36.9 Å². The summed E-state index contributed by atoms with van der Waals surface area (Å²) in [6.45, 7) is 2.70. The number of H-pyrrole nitrogens is 1. The second-order valence-electron chi connectivity index (χ2n) is 5.79. The lowest BCUT2D eigenvalue weighted by Gasteiger charge is -2.36. The zero-order chi connectivity index (χ0) is 14.9. The molecular weight excluding hydrogens is 266 g/mol. The molecule has 112 valence electrons. The van der Waals surface area contributed by atoms with Gasteiger partial charge in [-0.3, -0.25) is 4.79 Å². The van der Waals surface area contributed by atoms with E-state index >= 15 is 0 Å². The van der Waals surface area contributed by atoms with Crippen LogP contribution in [0.1, 0.15) is 43.9 Å². The minimum Gasteiger partial charge on any atom is -0.481 e. The number of unbranched alkanes of at least 4 members (excludes halogenated alkanes) is 1. The van der Waals surface area contributed by atoms with Crippen molar-refractivity contribution in [3.63, 3.8) is 0 Å². The minimum atomic E-state index is -0.808. The van der Waals surface area contributed by atoms with Gasteiger partial charge in [0.2, 0.25) is 0 Å². The molecule has 0 radical (unpaired) electrons. The maximum Gasteiger partial charge on any atom is 0.306 e. The lowest BCUT2D eigenvalue weighted by molar-refractivity contribution is -0.149. The molecule has 1 aromatic carbocycles. The van der Waals surface area contributed by atoms with Gasteiger partial charge >= 0.3 is 5.97 Å². The molecule has 0 aliphatic carbocycles. The number of nitrogens with one attached hydrogen (secondary N) is 1. The van der Waals surface area contributed by atoms with E-state index in [1.807, 2.05) is 18.2 Å². The first-order chi connectivity index (χ1) is 10.2. The van der Waals surface area contributed by atoms with E-state index in [-0.39, 0.29) is 6.42 Å². The Bertz CT molecular complexity index is 661. The highest BCUT2D eigenvalue weighted by Gasteiger charge is 2.41. The molecule has 21 heavy (non-hydrogen) atoms. The van der Waals surface area contributed by atoms with Crippen molar-refractivity contribution in [1.82, 2.24) is 4.98 Å². The number of carboxylic acid groups (broad SMARTS) is 1. The summed E-state index contributed by atoms with van der Waals surface area (Å²) >= 11 is 0. The maximum absolute atomic E-state index is 11.4. The highest BCUT2D eigenvalue weighted by molar-refractivity contribution is 5.85. The molecule has 4 nitrogen and oxygen atoms in total. The summed E-state index contributed by atoms with van der Waals surface area (Å²) in [4.78, 5) is 14.8. The molecule has 0 amide bonds. The third-order valence-corrected chi connectivity index (χ3v) is 4.37. The van der Waals surface area contributed by atoms with E-state index in [1.165, 1.54) is 10.9 Å². The normalized spacial score (nSPS) is 21.4. The van der Waals surface area contributed by atoms with E-state index in [1.54, 1.807) is 0 Å². The smallest absolute Gasteiger partial charge is 0.306 e. The molecule has 0 spiro atoms. The highest BCUT2D eigenvalue weighted by atomic mass is 16.5. The number of carboxylic acids is 1. The molecule has 1 atom stereocenters. The van der Waals surface area contributed by atoms with Crippen LogP contribution in [0, 0.1) is 0 Å². The van der Waals surface area contributed by atoms with Crippen molar-refractivity contribution in [3.8, 4) is 0 Å². The third-order valence-electron chi connectivity index (χ3n) is 4.37. The van der Waals surface area contributed by atoms with Crippen LogP contribution in [-0.4, -0.2) is 22.7 Å². The topological polar surface area (TPSA) is 62.3 Å². The number of para-hydroxylation sites is 1. The Morgan fingerprint density at radius 2 is 2.24 bits per heavy atom. The van der Waals surface area contributed by atoms with E-state index in [9.17, 15) is 9.90 Å². The molecule has 1 aromatic heterocycles. The molecule has 3 rings (SSSR count). The van der Waals surface area contributed by atoms with Crippen molar-refractivity contribution in [2.24, 2.45) is 0 Å². The van der Waals surface area contributed by atoms with Crippen LogP contribution in [0.4, 0.5) is 0 Å². The molecule has 4 heteroatoms. The van der Waals surface area contributed by atoms with Crippen molar-refractivity contribution >= 4 is 16.9 Å². The molecule has 2 heterocycles. The van der Waals surface area contributed by atoms with Crippen LogP contribution in [0.15, 0.2) is 24.3 Å². The van der Waals surface area contributed by atoms with Gasteiger partial charge in [-0.15, -0.1) is 0 Å². The molecule has 1 aliphatic heterocycles. The zero-order valence-corrected chi connectivity index (χ0v) is 12.3. The van der Waals surface area contributed by atoms with Gasteiger partial charge in [-0.25, -0.2) is 0 Å². The second kappa shape index (κ2) is 5.53. The van der Waals surface area contributed by atoms with E-state index in [2.05, 4.69) is 18.0 Å². The zero-order valence-electron chi connectivity index (χ0n) is 12.3. The molecule has 0 fully saturated rings. The van der Waals surface area contributed by atoms with Gasteiger partial charge in [0.15, 0.2) is 0 Å². The summed E-state index contributed by atoms with van der Waals surface area (Å²) in [5.74, 6) is -0.808. The van der Waals surface area contributed by atoms with Crippen molar-refractivity contribution < 1.29 is 14.6 Å². The number of benzene rings is 1. The summed E-state index contributed by atoms with van der Waals surface area (Å²) < 4.78 is 6.02. The maximum atomic E-state index is 11.4. The molecule has 0 unspecified atom stereocenters. The Balaban J connectivity index is 2.12. The van der Waals surface area contributed by atoms with Gasteiger partial charge in [-0.05, 0) is 24.5 Å². The number of hydrogen-bond donors (Lipinski definition) is 2. The van der Waals surface area contributed by atoms with Gasteiger partial charge < -0.3 is 14.8 Å². The van der Waals surface area contributed by atoms with Crippen LogP contribution in [-0.2, 0) is 21.6 Å². The summed E-state index contributed by atoms with van der Waals surface area (Å²) in [5, 5.41) is 10.5. The number of aromatic nitrogens is 1. The molecule has 2 N–H and O–H groups in total. The Labute approximate surface area is 124 Å². The minimum absolute atomic E-state index is 0.0207. The fraction of sp³-hybridized carbons (Fsp3) is 0.471. The Morgan fingerprint density at radius 1 is 1.43 bits per heavy atom. The molecule has 1 aliphatic rings. The van der Waals surface area contributed by atoms with Gasteiger partial charge in [0.25, 0.3) is 0 Å². The number of aliphatic carboxylic acids is 1. The van der Waals surface area contributed by atoms with Gasteiger partial charge in [0, 0.05) is 10.9 Å². The van der Waals surface area contributed by atoms with Gasteiger partial charge in [0.05, 0.1) is 18.7 Å². The number of hydrogen-bond acceptors (Lipinski definition) is 2. The first-order valence-corrected chi connectivity index (χ1v) is 7.62. The lowest BCUT2D eigenvalue weighted by Crippen LogP contribution is -2.38. The lowest BCUT2D eigenvalue weighted by atomic mass is 9.84. The van der Waals surface area contributed by atoms with Crippen LogP contribution in [0.2, 0.25) is 0 Å². The molecular formula is C17H21NO3. The number of aromatic amines is 1. The van der Waals surface area contributed by atoms with Crippen molar-refractivity contribution in [1.29, 1.82) is 0 Å². The predicted molar refractivity (Wildman–Crippen MR) is 81.4 cm³/mol. The standard InChI is InChI=1S/C17H21NO3/c1-2-3-9-17(11-15(19)20)16-13(8-10-21-17)12-6-4-5-7-14(12)18-16/h4-7,18H,2-3,8-11H2,1H3,(H,19,20)/t17-/m0/s1. The second-order valence-corrected chi connectivity index (χ2v) is 5.79. The summed E-state index contributed by atoms with van der Waals surface area (Å²) in [7, 11) is 0. The van der Waals surface area contributed by atoms with E-state index in [0.29, 0.717) is 6.61 Å². The van der Waals surface area contributed by atoms with Gasteiger partial charge in [0.1, 0.15) is 5.60 Å². The number of ether oxygens (including phenoxy) is 1. The van der Waals surface area contributed by atoms with Crippen LogP contribution in [0.25, 0.3) is 10.9 Å². The molecule has 0 bridgehead atoms. The first kappa shape index (κ1) is 14.1. The molecule has 2 aromatic rings. The Kier molecular flexibility index (Phi) is 3.72. The third kappa shape index (κ3) is 2.44. The Hall–Kier alpha value is -1.81. The van der Waals surface area contributed by atoms with E-state index < -0.39 is 11.6 Å². The first-order valence-electron chi connectivity index (χ1n) is 7.62. The van der Waals surface area contributed by atoms with Crippen LogP contribution in [0.3, 0.4) is 0 Å². The summed E-state index contributed by atoms with van der Waals surface area (Å²) in [6.07, 6.45) is 3.59. The van der Waals surface area contributed by atoms with Crippen molar-refractivity contribution in [2.45, 2.75) is 44.6 Å². The van der Waals surface area contributed by atoms with Gasteiger partial charge in [-0.1, -0.05) is 38.0 Å². The molecule has 0 saturated heterocycles. The quantitative estimate of drug-likeness (QED) is 0.883. The van der Waals surface area contributed by atoms with Crippen LogP contribution in [0.5, 0.6) is 0 Å². The number of fused-ring (bicyclic) bond motifs is 3. The fourth-order valence-electron chi connectivity index (χ4n) is 3.40. The number of rotatable bonds is 5. The Morgan fingerprint density at radius 3 is 3.00 bits per heavy atom. The number of carbonyl (C=O) groups is 1. The average molecular weight is 287 g/mol. The monoisotopic (exact) mass is 287 g/mol. The van der Waals surface area contributed by atoms with Crippen LogP contribution >= 0.6 is 0 Å². The SMILES string of the molecule is CCCC[C@@]1(CC(=O)O)OCCc2c1[nH]c1ccccc21. The summed E-state index contributed by atoms with van der Waals surface area (Å²) in [5.41, 5.74) is 2.58. The van der Waals surface area contributed by atoms with Crippen molar-refractivity contribution in [3.05, 3.63) is 35.5 Å². The van der Waals surface area contributed by atoms with Crippen molar-refractivity contribution in [2.75, 3.05) is 6.61 Å². The largest absolute Gasteiger partial charge is 0.481 e. The van der Waals surface area contributed by atoms with Crippen LogP contribution < -0.4 is 0 Å². The predicted octanol–water partition coefficient (Wildman–Crippen LogP) is 3.60. The van der Waals surface area contributed by atoms with E-state index in [4.69, 9.17) is 4.74 Å². The fourth-order valence-corrected chi connectivity index (χ4v) is 3.40. The summed E-state index contributed by atoms with van der Waals surface area (Å²) in [6, 6.07) is 8.16. The molecule has 0 saturated carbocycles. The average Bonchev–Trinajstić information content (AvgIpc) is 2.85. The van der Waals surface area contributed by atoms with Gasteiger partial charge in [-0.2, -0.15) is 0 Å².